The first-order valence-electron chi connectivity index (χ1n) is 7.80. The normalized spacial score (nSPS) is 17.2. The second-order valence-corrected chi connectivity index (χ2v) is 5.43. The molecule has 3 rings (SSSR count). The van der Waals surface area contributed by atoms with Crippen molar-refractivity contribution in [2.24, 2.45) is 0 Å². The lowest BCUT2D eigenvalue weighted by Crippen LogP contribution is -2.36. The Labute approximate surface area is 134 Å². The van der Waals surface area contributed by atoms with E-state index in [0.717, 1.165) is 19.5 Å². The quantitative estimate of drug-likeness (QED) is 0.835. The van der Waals surface area contributed by atoms with E-state index in [4.69, 9.17) is 9.26 Å². The number of hydrogen-bond donors (Lipinski definition) is 2. The smallest absolute Gasteiger partial charge is 0.251 e. The number of aryl methyl sites for hydroxylation is 1. The molecule has 2 N–H and O–H groups in total. The first-order chi connectivity index (χ1) is 11.2. The van der Waals surface area contributed by atoms with Crippen LogP contribution in [0.4, 0.5) is 0 Å². The van der Waals surface area contributed by atoms with Crippen LogP contribution >= 0.6 is 0 Å². The van der Waals surface area contributed by atoms with Gasteiger partial charge in [0, 0.05) is 24.6 Å². The average molecular weight is 316 g/mol. The standard InChI is InChI=1S/C16H20N4O3/c1-2-15-19-14(20-23-15)10-22-13-5-3-11(4-6-13)16(21)18-12-7-8-17-9-12/h3-6,12,17H,2,7-10H2,1H3,(H,18,21). The van der Waals surface area contributed by atoms with Gasteiger partial charge in [0.15, 0.2) is 6.61 Å². The molecule has 1 aromatic heterocycles. The summed E-state index contributed by atoms with van der Waals surface area (Å²) in [5.41, 5.74) is 0.622. The van der Waals surface area contributed by atoms with Gasteiger partial charge in [0.1, 0.15) is 5.75 Å². The van der Waals surface area contributed by atoms with Gasteiger partial charge in [0.25, 0.3) is 5.91 Å². The van der Waals surface area contributed by atoms with Crippen molar-refractivity contribution in [3.8, 4) is 5.75 Å². The highest BCUT2D eigenvalue weighted by molar-refractivity contribution is 5.94. The average Bonchev–Trinajstić information content (AvgIpc) is 3.24. The molecular weight excluding hydrogens is 296 g/mol. The number of rotatable bonds is 6. The first-order valence-corrected chi connectivity index (χ1v) is 7.80. The monoisotopic (exact) mass is 316 g/mol. The van der Waals surface area contributed by atoms with Gasteiger partial charge in [-0.1, -0.05) is 12.1 Å². The van der Waals surface area contributed by atoms with Crippen LogP contribution < -0.4 is 15.4 Å². The lowest BCUT2D eigenvalue weighted by molar-refractivity contribution is 0.0940. The Morgan fingerprint density at radius 1 is 1.43 bits per heavy atom. The minimum atomic E-state index is -0.0593. The Bertz CT molecular complexity index is 648. The van der Waals surface area contributed by atoms with Crippen LogP contribution in [0.5, 0.6) is 5.75 Å². The molecule has 122 valence electrons. The number of amides is 1. The van der Waals surface area contributed by atoms with Crippen LogP contribution in [0.25, 0.3) is 0 Å². The number of hydrogen-bond acceptors (Lipinski definition) is 6. The van der Waals surface area contributed by atoms with Crippen molar-refractivity contribution >= 4 is 5.91 Å². The summed E-state index contributed by atoms with van der Waals surface area (Å²) >= 11 is 0. The van der Waals surface area contributed by atoms with Crippen LogP contribution in [0.1, 0.15) is 35.4 Å². The molecule has 1 atom stereocenters. The van der Waals surface area contributed by atoms with E-state index in [1.54, 1.807) is 24.3 Å². The fourth-order valence-corrected chi connectivity index (χ4v) is 2.39. The molecule has 1 saturated heterocycles. The number of aromatic nitrogens is 2. The molecule has 1 unspecified atom stereocenters. The summed E-state index contributed by atoms with van der Waals surface area (Å²) in [4.78, 5) is 16.3. The predicted octanol–water partition coefficient (Wildman–Crippen LogP) is 1.30. The van der Waals surface area contributed by atoms with Crippen molar-refractivity contribution in [3.63, 3.8) is 0 Å². The molecule has 0 saturated carbocycles. The van der Waals surface area contributed by atoms with Gasteiger partial charge >= 0.3 is 0 Å². The Kier molecular flexibility index (Phi) is 4.87. The van der Waals surface area contributed by atoms with Crippen molar-refractivity contribution in [2.45, 2.75) is 32.4 Å². The third-order valence-electron chi connectivity index (χ3n) is 3.69. The molecule has 0 radical (unpaired) electrons. The Balaban J connectivity index is 1.52. The number of ether oxygens (including phenoxy) is 1. The molecule has 7 heteroatoms. The molecule has 7 nitrogen and oxygen atoms in total. The SMILES string of the molecule is CCc1nc(COc2ccc(C(=O)NC3CCNC3)cc2)no1. The van der Waals surface area contributed by atoms with Gasteiger partial charge in [-0.3, -0.25) is 4.79 Å². The highest BCUT2D eigenvalue weighted by atomic mass is 16.5. The number of benzene rings is 1. The zero-order valence-electron chi connectivity index (χ0n) is 13.0. The summed E-state index contributed by atoms with van der Waals surface area (Å²) in [6.07, 6.45) is 1.67. The lowest BCUT2D eigenvalue weighted by Gasteiger charge is -2.11. The van der Waals surface area contributed by atoms with Gasteiger partial charge < -0.3 is 19.9 Å². The highest BCUT2D eigenvalue weighted by Crippen LogP contribution is 2.14. The molecule has 1 aliphatic heterocycles. The molecule has 1 aliphatic rings. The Morgan fingerprint density at radius 3 is 2.91 bits per heavy atom. The molecule has 2 heterocycles. The fraction of sp³-hybridized carbons (Fsp3) is 0.438. The largest absolute Gasteiger partial charge is 0.485 e. The van der Waals surface area contributed by atoms with Crippen LogP contribution in [0.15, 0.2) is 28.8 Å². The minimum Gasteiger partial charge on any atom is -0.485 e. The highest BCUT2D eigenvalue weighted by Gasteiger charge is 2.17. The van der Waals surface area contributed by atoms with Crippen molar-refractivity contribution < 1.29 is 14.1 Å². The Hall–Kier alpha value is -2.41. The molecule has 1 fully saturated rings. The van der Waals surface area contributed by atoms with Crippen LogP contribution in [-0.2, 0) is 13.0 Å². The van der Waals surface area contributed by atoms with E-state index in [2.05, 4.69) is 20.8 Å². The van der Waals surface area contributed by atoms with Crippen molar-refractivity contribution in [3.05, 3.63) is 41.5 Å². The molecule has 23 heavy (non-hydrogen) atoms. The summed E-state index contributed by atoms with van der Waals surface area (Å²) in [6, 6.07) is 7.25. The Morgan fingerprint density at radius 2 is 2.26 bits per heavy atom. The van der Waals surface area contributed by atoms with Gasteiger partial charge in [-0.15, -0.1) is 0 Å². The first kappa shape index (κ1) is 15.5. The van der Waals surface area contributed by atoms with Crippen molar-refractivity contribution in [1.29, 1.82) is 0 Å². The maximum Gasteiger partial charge on any atom is 0.251 e. The summed E-state index contributed by atoms with van der Waals surface area (Å²) < 4.78 is 10.6. The predicted molar refractivity (Wildman–Crippen MR) is 83.2 cm³/mol. The summed E-state index contributed by atoms with van der Waals surface area (Å²) in [5, 5.41) is 10.1. The summed E-state index contributed by atoms with van der Waals surface area (Å²) in [5.74, 6) is 1.71. The third kappa shape index (κ3) is 4.07. The molecule has 0 spiro atoms. The summed E-state index contributed by atoms with van der Waals surface area (Å²) in [7, 11) is 0. The van der Waals surface area contributed by atoms with E-state index in [1.165, 1.54) is 0 Å². The van der Waals surface area contributed by atoms with Gasteiger partial charge in [-0.25, -0.2) is 0 Å². The third-order valence-corrected chi connectivity index (χ3v) is 3.69. The van der Waals surface area contributed by atoms with Gasteiger partial charge in [-0.2, -0.15) is 4.98 Å². The zero-order valence-corrected chi connectivity index (χ0v) is 13.0. The fourth-order valence-electron chi connectivity index (χ4n) is 2.39. The lowest BCUT2D eigenvalue weighted by atomic mass is 10.2. The molecule has 0 aliphatic carbocycles. The van der Waals surface area contributed by atoms with Crippen molar-refractivity contribution in [1.82, 2.24) is 20.8 Å². The van der Waals surface area contributed by atoms with Crippen molar-refractivity contribution in [2.75, 3.05) is 13.1 Å². The van der Waals surface area contributed by atoms with Gasteiger partial charge in [-0.05, 0) is 37.2 Å². The number of nitrogens with zero attached hydrogens (tertiary/aromatic N) is 2. The van der Waals surface area contributed by atoms with E-state index in [-0.39, 0.29) is 18.6 Å². The maximum absolute atomic E-state index is 12.1. The molecular formula is C16H20N4O3. The van der Waals surface area contributed by atoms with E-state index < -0.39 is 0 Å². The molecule has 2 aromatic rings. The summed E-state index contributed by atoms with van der Waals surface area (Å²) in [6.45, 7) is 3.97. The number of carbonyl (C=O) groups excluding carboxylic acids is 1. The molecule has 1 amide bonds. The molecule has 1 aromatic carbocycles. The molecule has 0 bridgehead atoms. The van der Waals surface area contributed by atoms with Gasteiger partial charge in [0.2, 0.25) is 11.7 Å². The maximum atomic E-state index is 12.1. The van der Waals surface area contributed by atoms with E-state index in [9.17, 15) is 4.79 Å². The number of carbonyl (C=O) groups is 1. The van der Waals surface area contributed by atoms with E-state index >= 15 is 0 Å². The topological polar surface area (TPSA) is 89.3 Å². The van der Waals surface area contributed by atoms with Crippen LogP contribution in [-0.4, -0.2) is 35.2 Å². The van der Waals surface area contributed by atoms with Crippen LogP contribution in [0.3, 0.4) is 0 Å². The number of nitrogens with one attached hydrogen (secondary N) is 2. The zero-order chi connectivity index (χ0) is 16.1. The second-order valence-electron chi connectivity index (χ2n) is 5.43. The van der Waals surface area contributed by atoms with E-state index in [0.29, 0.717) is 29.4 Å². The van der Waals surface area contributed by atoms with Crippen LogP contribution in [0.2, 0.25) is 0 Å². The van der Waals surface area contributed by atoms with E-state index in [1.807, 2.05) is 6.92 Å². The van der Waals surface area contributed by atoms with Crippen LogP contribution in [0, 0.1) is 0 Å². The van der Waals surface area contributed by atoms with Gasteiger partial charge in [0.05, 0.1) is 0 Å². The second kappa shape index (κ2) is 7.23. The minimum absolute atomic E-state index is 0.0593.